The van der Waals surface area contributed by atoms with Crippen LogP contribution in [0, 0.1) is 6.92 Å². The summed E-state index contributed by atoms with van der Waals surface area (Å²) in [5.74, 6) is 1.59. The summed E-state index contributed by atoms with van der Waals surface area (Å²) in [6.07, 6.45) is 2.40. The number of phenols is 1. The van der Waals surface area contributed by atoms with Crippen LogP contribution in [0.3, 0.4) is 0 Å². The second kappa shape index (κ2) is 6.83. The summed E-state index contributed by atoms with van der Waals surface area (Å²) in [6.45, 7) is 3.57. The number of amides is 1. The molecule has 1 fully saturated rings. The highest BCUT2D eigenvalue weighted by Crippen LogP contribution is 2.28. The van der Waals surface area contributed by atoms with E-state index in [0.717, 1.165) is 41.8 Å². The normalized spacial score (nSPS) is 17.6. The van der Waals surface area contributed by atoms with E-state index in [9.17, 15) is 9.90 Å². The first-order valence-corrected chi connectivity index (χ1v) is 9.11. The Hall–Kier alpha value is -2.82. The van der Waals surface area contributed by atoms with Crippen molar-refractivity contribution in [2.45, 2.75) is 32.1 Å². The molecule has 1 atom stereocenters. The van der Waals surface area contributed by atoms with Crippen molar-refractivity contribution in [1.82, 2.24) is 14.9 Å². The zero-order valence-electron chi connectivity index (χ0n) is 14.9. The third kappa shape index (κ3) is 3.29. The van der Waals surface area contributed by atoms with E-state index >= 15 is 0 Å². The van der Waals surface area contributed by atoms with Crippen molar-refractivity contribution in [3.05, 3.63) is 59.4 Å². The van der Waals surface area contributed by atoms with Crippen LogP contribution in [-0.4, -0.2) is 39.0 Å². The van der Waals surface area contributed by atoms with Gasteiger partial charge in [0, 0.05) is 19.0 Å². The number of nitrogens with zero attached hydrogens (tertiary/aromatic N) is 2. The number of rotatable bonds is 3. The lowest BCUT2D eigenvalue weighted by Crippen LogP contribution is -2.40. The molecule has 0 unspecified atom stereocenters. The minimum Gasteiger partial charge on any atom is -0.508 e. The zero-order chi connectivity index (χ0) is 18.1. The number of imidazole rings is 1. The second-order valence-electron chi connectivity index (χ2n) is 7.12. The molecule has 1 amide bonds. The monoisotopic (exact) mass is 349 g/mol. The number of fused-ring (bicyclic) bond motifs is 1. The maximum absolute atomic E-state index is 12.7. The highest BCUT2D eigenvalue weighted by atomic mass is 16.3. The van der Waals surface area contributed by atoms with E-state index in [4.69, 9.17) is 4.98 Å². The lowest BCUT2D eigenvalue weighted by molar-refractivity contribution is -0.131. The minimum absolute atomic E-state index is 0.132. The van der Waals surface area contributed by atoms with Gasteiger partial charge in [0.1, 0.15) is 11.6 Å². The molecule has 5 nitrogen and oxygen atoms in total. The molecule has 0 radical (unpaired) electrons. The number of likely N-dealkylation sites (tertiary alicyclic amines) is 1. The Morgan fingerprint density at radius 3 is 2.85 bits per heavy atom. The van der Waals surface area contributed by atoms with Crippen LogP contribution in [0.1, 0.15) is 35.7 Å². The summed E-state index contributed by atoms with van der Waals surface area (Å²) in [5, 5.41) is 9.37. The van der Waals surface area contributed by atoms with Gasteiger partial charge in [0.15, 0.2) is 0 Å². The van der Waals surface area contributed by atoms with E-state index in [-0.39, 0.29) is 17.6 Å². The minimum atomic E-state index is 0.132. The molecule has 1 aliphatic heterocycles. The number of hydrogen-bond acceptors (Lipinski definition) is 3. The van der Waals surface area contributed by atoms with Crippen molar-refractivity contribution < 1.29 is 9.90 Å². The first-order chi connectivity index (χ1) is 12.6. The fourth-order valence-corrected chi connectivity index (χ4v) is 3.72. The quantitative estimate of drug-likeness (QED) is 0.760. The van der Waals surface area contributed by atoms with E-state index in [1.54, 1.807) is 24.3 Å². The smallest absolute Gasteiger partial charge is 0.227 e. The van der Waals surface area contributed by atoms with Crippen molar-refractivity contribution in [1.29, 1.82) is 0 Å². The average Bonchev–Trinajstić information content (AvgIpc) is 3.09. The third-order valence-corrected chi connectivity index (χ3v) is 5.19. The van der Waals surface area contributed by atoms with Crippen molar-refractivity contribution in [2.75, 3.05) is 13.1 Å². The molecule has 2 aromatic carbocycles. The van der Waals surface area contributed by atoms with E-state index in [1.807, 2.05) is 11.0 Å². The van der Waals surface area contributed by atoms with Gasteiger partial charge >= 0.3 is 0 Å². The molecule has 0 bridgehead atoms. The number of benzene rings is 2. The predicted molar refractivity (Wildman–Crippen MR) is 101 cm³/mol. The SMILES string of the molecule is Cc1cccc2[nH]c([C@H]3CCCN(C(=O)Cc4ccc(O)cc4)C3)nc12. The first kappa shape index (κ1) is 16.6. The molecule has 26 heavy (non-hydrogen) atoms. The zero-order valence-corrected chi connectivity index (χ0v) is 14.9. The van der Waals surface area contributed by atoms with Crippen LogP contribution in [0.2, 0.25) is 0 Å². The summed E-state index contributed by atoms with van der Waals surface area (Å²) in [6, 6.07) is 13.0. The summed E-state index contributed by atoms with van der Waals surface area (Å²) in [5.41, 5.74) is 4.18. The van der Waals surface area contributed by atoms with E-state index in [0.29, 0.717) is 13.0 Å². The van der Waals surface area contributed by atoms with Gasteiger partial charge in [-0.1, -0.05) is 24.3 Å². The fraction of sp³-hybridized carbons (Fsp3) is 0.333. The molecule has 4 rings (SSSR count). The van der Waals surface area contributed by atoms with Gasteiger partial charge in [-0.25, -0.2) is 4.98 Å². The highest BCUT2D eigenvalue weighted by Gasteiger charge is 2.26. The number of piperidine rings is 1. The molecule has 134 valence electrons. The van der Waals surface area contributed by atoms with Crippen LogP contribution >= 0.6 is 0 Å². The molecule has 0 spiro atoms. The molecule has 2 heterocycles. The number of carbonyl (C=O) groups is 1. The third-order valence-electron chi connectivity index (χ3n) is 5.19. The van der Waals surface area contributed by atoms with Crippen LogP contribution < -0.4 is 0 Å². The Labute approximate surface area is 152 Å². The van der Waals surface area contributed by atoms with Gasteiger partial charge in [0.2, 0.25) is 5.91 Å². The molecule has 1 saturated heterocycles. The van der Waals surface area contributed by atoms with E-state index < -0.39 is 0 Å². The summed E-state index contributed by atoms with van der Waals surface area (Å²) in [7, 11) is 0. The summed E-state index contributed by atoms with van der Waals surface area (Å²) in [4.78, 5) is 22.9. The molecule has 0 saturated carbocycles. The van der Waals surface area contributed by atoms with Gasteiger partial charge < -0.3 is 15.0 Å². The number of H-pyrrole nitrogens is 1. The number of phenolic OH excluding ortho intramolecular Hbond substituents is 1. The molecule has 1 aliphatic rings. The summed E-state index contributed by atoms with van der Waals surface area (Å²) < 4.78 is 0. The Morgan fingerprint density at radius 1 is 1.27 bits per heavy atom. The lowest BCUT2D eigenvalue weighted by Gasteiger charge is -2.32. The first-order valence-electron chi connectivity index (χ1n) is 9.11. The van der Waals surface area contributed by atoms with Gasteiger partial charge in [0.25, 0.3) is 0 Å². The number of aromatic nitrogens is 2. The van der Waals surface area contributed by atoms with Gasteiger partial charge in [0.05, 0.1) is 17.5 Å². The molecular formula is C21H23N3O2. The topological polar surface area (TPSA) is 69.2 Å². The number of aromatic hydroxyl groups is 1. The maximum Gasteiger partial charge on any atom is 0.227 e. The Balaban J connectivity index is 1.48. The predicted octanol–water partition coefficient (Wildman–Crippen LogP) is 3.53. The standard InChI is InChI=1S/C21H23N3O2/c1-14-4-2-6-18-20(14)23-21(22-18)16-5-3-11-24(13-16)19(26)12-15-7-9-17(25)10-8-15/h2,4,6-10,16,25H,3,5,11-13H2,1H3,(H,22,23)/t16-/m0/s1. The number of aromatic amines is 1. The Kier molecular flexibility index (Phi) is 4.37. The van der Waals surface area contributed by atoms with Crippen molar-refractivity contribution >= 4 is 16.9 Å². The van der Waals surface area contributed by atoms with Crippen LogP contribution in [0.15, 0.2) is 42.5 Å². The number of carbonyl (C=O) groups excluding carboxylic acids is 1. The molecule has 3 aromatic rings. The highest BCUT2D eigenvalue weighted by molar-refractivity contribution is 5.80. The summed E-state index contributed by atoms with van der Waals surface area (Å²) >= 11 is 0. The fourth-order valence-electron chi connectivity index (χ4n) is 3.72. The van der Waals surface area contributed by atoms with Crippen molar-refractivity contribution in [2.24, 2.45) is 0 Å². The number of para-hydroxylation sites is 1. The van der Waals surface area contributed by atoms with Crippen LogP contribution in [0.25, 0.3) is 11.0 Å². The van der Waals surface area contributed by atoms with Crippen LogP contribution in [0.4, 0.5) is 0 Å². The van der Waals surface area contributed by atoms with Crippen LogP contribution in [0.5, 0.6) is 5.75 Å². The molecular weight excluding hydrogens is 326 g/mol. The molecule has 2 N–H and O–H groups in total. The van der Waals surface area contributed by atoms with Crippen molar-refractivity contribution in [3.8, 4) is 5.75 Å². The Morgan fingerprint density at radius 2 is 2.08 bits per heavy atom. The van der Waals surface area contributed by atoms with Gasteiger partial charge in [-0.2, -0.15) is 0 Å². The molecule has 5 heteroatoms. The average molecular weight is 349 g/mol. The Bertz CT molecular complexity index is 930. The van der Waals surface area contributed by atoms with Crippen LogP contribution in [-0.2, 0) is 11.2 Å². The van der Waals surface area contributed by atoms with Gasteiger partial charge in [-0.15, -0.1) is 0 Å². The number of aryl methyl sites for hydroxylation is 1. The number of hydrogen-bond donors (Lipinski definition) is 2. The largest absolute Gasteiger partial charge is 0.508 e. The van der Waals surface area contributed by atoms with Crippen molar-refractivity contribution in [3.63, 3.8) is 0 Å². The molecule has 1 aromatic heterocycles. The van der Waals surface area contributed by atoms with E-state index in [1.165, 1.54) is 5.56 Å². The molecule has 0 aliphatic carbocycles. The maximum atomic E-state index is 12.7. The van der Waals surface area contributed by atoms with Gasteiger partial charge in [-0.05, 0) is 49.1 Å². The van der Waals surface area contributed by atoms with Gasteiger partial charge in [-0.3, -0.25) is 4.79 Å². The van der Waals surface area contributed by atoms with E-state index in [2.05, 4.69) is 24.0 Å². The number of nitrogens with one attached hydrogen (secondary N) is 1. The lowest BCUT2D eigenvalue weighted by atomic mass is 9.96. The second-order valence-corrected chi connectivity index (χ2v) is 7.12.